The minimum atomic E-state index is -3.04. The molecule has 92 valence electrons. The Kier molecular flexibility index (Phi) is 4.35. The van der Waals surface area contributed by atoms with E-state index in [1.165, 1.54) is 13.2 Å². The summed E-state index contributed by atoms with van der Waals surface area (Å²) in [7, 11) is -1.59. The predicted octanol–water partition coefficient (Wildman–Crippen LogP) is 0.990. The van der Waals surface area contributed by atoms with Gasteiger partial charge < -0.3 is 9.47 Å². The monoisotopic (exact) mass is 255 g/mol. The van der Waals surface area contributed by atoms with Gasteiger partial charge in [-0.2, -0.15) is 5.26 Å². The van der Waals surface area contributed by atoms with Crippen molar-refractivity contribution in [2.45, 2.75) is 0 Å². The summed E-state index contributed by atoms with van der Waals surface area (Å²) in [6.07, 6.45) is 1.15. The molecular formula is C11H13NO4S. The highest BCUT2D eigenvalue weighted by atomic mass is 32.2. The number of sulfone groups is 1. The third-order valence-corrected chi connectivity index (χ3v) is 2.91. The normalized spacial score (nSPS) is 10.6. The molecule has 5 nitrogen and oxygen atoms in total. The minimum Gasteiger partial charge on any atom is -0.493 e. The van der Waals surface area contributed by atoms with Crippen molar-refractivity contribution in [3.05, 3.63) is 23.8 Å². The van der Waals surface area contributed by atoms with Crippen LogP contribution in [-0.2, 0) is 9.84 Å². The summed E-state index contributed by atoms with van der Waals surface area (Å²) in [5.74, 6) is 0.781. The van der Waals surface area contributed by atoms with Gasteiger partial charge in [-0.1, -0.05) is 0 Å². The highest BCUT2D eigenvalue weighted by Gasteiger charge is 2.07. The SMILES string of the molecule is COc1cc(C#N)ccc1OCCS(C)(=O)=O. The number of hydrogen-bond acceptors (Lipinski definition) is 5. The van der Waals surface area contributed by atoms with E-state index in [1.807, 2.05) is 6.07 Å². The van der Waals surface area contributed by atoms with Crippen molar-refractivity contribution in [3.63, 3.8) is 0 Å². The van der Waals surface area contributed by atoms with Crippen molar-refractivity contribution < 1.29 is 17.9 Å². The lowest BCUT2D eigenvalue weighted by atomic mass is 10.2. The molecule has 17 heavy (non-hydrogen) atoms. The fraction of sp³-hybridized carbons (Fsp3) is 0.364. The zero-order valence-electron chi connectivity index (χ0n) is 9.63. The zero-order valence-corrected chi connectivity index (χ0v) is 10.5. The Balaban J connectivity index is 2.75. The summed E-state index contributed by atoms with van der Waals surface area (Å²) >= 11 is 0. The highest BCUT2D eigenvalue weighted by Crippen LogP contribution is 2.27. The standard InChI is InChI=1S/C11H13NO4S/c1-15-11-7-9(8-12)3-4-10(11)16-5-6-17(2,13)14/h3-4,7H,5-6H2,1-2H3. The highest BCUT2D eigenvalue weighted by molar-refractivity contribution is 7.90. The lowest BCUT2D eigenvalue weighted by Crippen LogP contribution is -2.12. The minimum absolute atomic E-state index is 0.0566. The first-order valence-electron chi connectivity index (χ1n) is 4.85. The van der Waals surface area contributed by atoms with Crippen LogP contribution in [-0.4, -0.2) is 34.1 Å². The van der Waals surface area contributed by atoms with E-state index >= 15 is 0 Å². The number of ether oxygens (including phenoxy) is 2. The molecule has 0 aliphatic carbocycles. The Hall–Kier alpha value is -1.74. The first kappa shape index (κ1) is 13.3. The van der Waals surface area contributed by atoms with E-state index in [-0.39, 0.29) is 12.4 Å². The van der Waals surface area contributed by atoms with Crippen molar-refractivity contribution in [3.8, 4) is 17.6 Å². The molecule has 0 aliphatic heterocycles. The van der Waals surface area contributed by atoms with Gasteiger partial charge in [0.1, 0.15) is 6.61 Å². The third kappa shape index (κ3) is 4.33. The molecule has 0 radical (unpaired) electrons. The molecule has 0 bridgehead atoms. The van der Waals surface area contributed by atoms with Crippen LogP contribution in [0.1, 0.15) is 5.56 Å². The van der Waals surface area contributed by atoms with Crippen LogP contribution in [0.5, 0.6) is 11.5 Å². The molecule has 0 N–H and O–H groups in total. The van der Waals surface area contributed by atoms with Gasteiger partial charge in [0.05, 0.1) is 24.5 Å². The van der Waals surface area contributed by atoms with Gasteiger partial charge in [-0.3, -0.25) is 0 Å². The fourth-order valence-corrected chi connectivity index (χ4v) is 1.55. The van der Waals surface area contributed by atoms with E-state index in [0.29, 0.717) is 17.1 Å². The summed E-state index contributed by atoms with van der Waals surface area (Å²) in [6, 6.07) is 6.68. The van der Waals surface area contributed by atoms with E-state index in [2.05, 4.69) is 0 Å². The molecule has 1 aromatic carbocycles. The smallest absolute Gasteiger partial charge is 0.162 e. The van der Waals surface area contributed by atoms with Crippen LogP contribution in [0.25, 0.3) is 0 Å². The largest absolute Gasteiger partial charge is 0.493 e. The first-order valence-corrected chi connectivity index (χ1v) is 6.91. The molecule has 0 heterocycles. The van der Waals surface area contributed by atoms with Crippen LogP contribution in [0, 0.1) is 11.3 Å². The Bertz CT molecular complexity index is 531. The molecule has 1 rings (SSSR count). The average molecular weight is 255 g/mol. The molecule has 0 atom stereocenters. The summed E-state index contributed by atoms with van der Waals surface area (Å²) < 4.78 is 32.2. The van der Waals surface area contributed by atoms with Gasteiger partial charge in [-0.15, -0.1) is 0 Å². The second-order valence-corrected chi connectivity index (χ2v) is 5.72. The van der Waals surface area contributed by atoms with Crippen LogP contribution in [0.15, 0.2) is 18.2 Å². The average Bonchev–Trinajstić information content (AvgIpc) is 2.27. The van der Waals surface area contributed by atoms with E-state index in [4.69, 9.17) is 14.7 Å². The second-order valence-electron chi connectivity index (χ2n) is 3.46. The molecule has 1 aromatic rings. The molecule has 0 aliphatic rings. The van der Waals surface area contributed by atoms with Gasteiger partial charge >= 0.3 is 0 Å². The number of benzene rings is 1. The Morgan fingerprint density at radius 3 is 2.59 bits per heavy atom. The van der Waals surface area contributed by atoms with E-state index in [9.17, 15) is 8.42 Å². The number of rotatable bonds is 5. The molecule has 0 amide bonds. The molecule has 0 saturated carbocycles. The summed E-state index contributed by atoms with van der Waals surface area (Å²) in [5, 5.41) is 8.71. The summed E-state index contributed by atoms with van der Waals surface area (Å²) in [4.78, 5) is 0. The first-order chi connectivity index (χ1) is 7.96. The van der Waals surface area contributed by atoms with Crippen molar-refractivity contribution in [1.82, 2.24) is 0 Å². The lowest BCUT2D eigenvalue weighted by molar-refractivity contribution is 0.311. The van der Waals surface area contributed by atoms with Crippen LogP contribution in [0.4, 0.5) is 0 Å². The Labute approximate surface area is 101 Å². The van der Waals surface area contributed by atoms with Gasteiger partial charge in [0.15, 0.2) is 21.3 Å². The summed E-state index contributed by atoms with van der Waals surface area (Å²) in [6.45, 7) is 0.0566. The molecule has 0 spiro atoms. The van der Waals surface area contributed by atoms with Gasteiger partial charge in [0.2, 0.25) is 0 Å². The maximum Gasteiger partial charge on any atom is 0.162 e. The van der Waals surface area contributed by atoms with Crippen LogP contribution in [0.3, 0.4) is 0 Å². The van der Waals surface area contributed by atoms with Crippen molar-refractivity contribution >= 4 is 9.84 Å². The molecule has 0 saturated heterocycles. The number of methoxy groups -OCH3 is 1. The van der Waals surface area contributed by atoms with Gasteiger partial charge in [-0.05, 0) is 12.1 Å². The molecular weight excluding hydrogens is 242 g/mol. The Morgan fingerprint density at radius 1 is 1.35 bits per heavy atom. The Morgan fingerprint density at radius 2 is 2.06 bits per heavy atom. The van der Waals surface area contributed by atoms with Crippen LogP contribution >= 0.6 is 0 Å². The predicted molar refractivity (Wildman–Crippen MR) is 62.9 cm³/mol. The maximum atomic E-state index is 10.9. The zero-order chi connectivity index (χ0) is 12.9. The molecule has 0 unspecified atom stereocenters. The second kappa shape index (κ2) is 5.55. The van der Waals surface area contributed by atoms with Crippen molar-refractivity contribution in [2.24, 2.45) is 0 Å². The maximum absolute atomic E-state index is 10.9. The molecule has 6 heteroatoms. The fourth-order valence-electron chi connectivity index (χ4n) is 1.16. The van der Waals surface area contributed by atoms with E-state index in [0.717, 1.165) is 6.26 Å². The topological polar surface area (TPSA) is 76.4 Å². The number of nitriles is 1. The number of nitrogens with zero attached hydrogens (tertiary/aromatic N) is 1. The third-order valence-electron chi connectivity index (χ3n) is 2.00. The van der Waals surface area contributed by atoms with E-state index in [1.54, 1.807) is 12.1 Å². The molecule has 0 aromatic heterocycles. The van der Waals surface area contributed by atoms with Crippen LogP contribution in [0.2, 0.25) is 0 Å². The van der Waals surface area contributed by atoms with Crippen molar-refractivity contribution in [1.29, 1.82) is 5.26 Å². The van der Waals surface area contributed by atoms with Crippen molar-refractivity contribution in [2.75, 3.05) is 25.7 Å². The summed E-state index contributed by atoms with van der Waals surface area (Å²) in [5.41, 5.74) is 0.456. The lowest BCUT2D eigenvalue weighted by Gasteiger charge is -2.10. The van der Waals surface area contributed by atoms with E-state index < -0.39 is 9.84 Å². The molecule has 0 fully saturated rings. The number of hydrogen-bond donors (Lipinski definition) is 0. The van der Waals surface area contributed by atoms with Gasteiger partial charge in [0.25, 0.3) is 0 Å². The van der Waals surface area contributed by atoms with Gasteiger partial charge in [0, 0.05) is 12.3 Å². The quantitative estimate of drug-likeness (QED) is 0.784. The van der Waals surface area contributed by atoms with Crippen LogP contribution < -0.4 is 9.47 Å². The van der Waals surface area contributed by atoms with Gasteiger partial charge in [-0.25, -0.2) is 8.42 Å².